The Bertz CT molecular complexity index is 866. The standard InChI is InChI=1S/C22H24N2O3S/c1-22(2,3)14-19(25)23-15-8-10-16(11-9-15)28-13-12-24-20(26)17-6-4-5-7-18(17)21(24)27/h4-11H,12-14H2,1-3H3,(H,23,25). The van der Waals surface area contributed by atoms with Gasteiger partial charge in [-0.1, -0.05) is 32.9 Å². The van der Waals surface area contributed by atoms with Gasteiger partial charge in [0.1, 0.15) is 0 Å². The molecule has 0 aromatic heterocycles. The third-order valence-corrected chi connectivity index (χ3v) is 5.28. The first-order chi connectivity index (χ1) is 13.2. The van der Waals surface area contributed by atoms with Crippen LogP contribution in [0.4, 0.5) is 5.69 Å². The molecule has 0 fully saturated rings. The van der Waals surface area contributed by atoms with E-state index in [-0.39, 0.29) is 23.1 Å². The molecule has 2 aromatic carbocycles. The van der Waals surface area contributed by atoms with Gasteiger partial charge in [0.05, 0.1) is 11.1 Å². The van der Waals surface area contributed by atoms with Crippen molar-refractivity contribution in [3.63, 3.8) is 0 Å². The minimum absolute atomic E-state index is 0.00136. The molecule has 0 bridgehead atoms. The molecule has 28 heavy (non-hydrogen) atoms. The number of imide groups is 1. The van der Waals surface area contributed by atoms with E-state index < -0.39 is 0 Å². The van der Waals surface area contributed by atoms with E-state index in [9.17, 15) is 14.4 Å². The Morgan fingerprint density at radius 3 is 2.07 bits per heavy atom. The summed E-state index contributed by atoms with van der Waals surface area (Å²) in [6.45, 7) is 6.45. The lowest BCUT2D eigenvalue weighted by Crippen LogP contribution is -2.31. The molecule has 0 radical (unpaired) electrons. The molecule has 1 N–H and O–H groups in total. The topological polar surface area (TPSA) is 66.5 Å². The highest BCUT2D eigenvalue weighted by Gasteiger charge is 2.34. The number of rotatable bonds is 6. The van der Waals surface area contributed by atoms with Crippen molar-refractivity contribution in [2.24, 2.45) is 5.41 Å². The lowest BCUT2D eigenvalue weighted by molar-refractivity contribution is -0.117. The predicted octanol–water partition coefficient (Wildman–Crippen LogP) is 4.45. The Hall–Kier alpha value is -2.60. The number of nitrogens with zero attached hydrogens (tertiary/aromatic N) is 1. The Labute approximate surface area is 169 Å². The fraction of sp³-hybridized carbons (Fsp3) is 0.318. The number of hydrogen-bond donors (Lipinski definition) is 1. The molecule has 5 nitrogen and oxygen atoms in total. The first-order valence-corrected chi connectivity index (χ1v) is 10.2. The minimum atomic E-state index is -0.224. The number of fused-ring (bicyclic) bond motifs is 1. The molecule has 2 aromatic rings. The van der Waals surface area contributed by atoms with Crippen LogP contribution in [0.2, 0.25) is 0 Å². The maximum Gasteiger partial charge on any atom is 0.261 e. The third kappa shape index (κ3) is 4.81. The highest BCUT2D eigenvalue weighted by molar-refractivity contribution is 7.99. The molecule has 1 aliphatic heterocycles. The van der Waals surface area contributed by atoms with Gasteiger partial charge in [-0.15, -0.1) is 11.8 Å². The zero-order chi connectivity index (χ0) is 20.3. The summed E-state index contributed by atoms with van der Waals surface area (Å²) in [4.78, 5) is 39.0. The van der Waals surface area contributed by atoms with Gasteiger partial charge in [-0.05, 0) is 41.8 Å². The number of amides is 3. The van der Waals surface area contributed by atoms with Crippen LogP contribution in [0.5, 0.6) is 0 Å². The summed E-state index contributed by atoms with van der Waals surface area (Å²) < 4.78 is 0. The first-order valence-electron chi connectivity index (χ1n) is 9.22. The van der Waals surface area contributed by atoms with E-state index in [1.54, 1.807) is 36.0 Å². The van der Waals surface area contributed by atoms with Crippen LogP contribution in [0.1, 0.15) is 47.9 Å². The number of benzene rings is 2. The Morgan fingerprint density at radius 2 is 1.54 bits per heavy atom. The maximum atomic E-state index is 12.4. The van der Waals surface area contributed by atoms with Gasteiger partial charge in [0.2, 0.25) is 5.91 Å². The van der Waals surface area contributed by atoms with Crippen LogP contribution in [0.25, 0.3) is 0 Å². The number of nitrogens with one attached hydrogen (secondary N) is 1. The maximum absolute atomic E-state index is 12.4. The number of thioether (sulfide) groups is 1. The van der Waals surface area contributed by atoms with Crippen molar-refractivity contribution >= 4 is 35.2 Å². The van der Waals surface area contributed by atoms with Crippen LogP contribution < -0.4 is 5.32 Å². The molecular weight excluding hydrogens is 372 g/mol. The van der Waals surface area contributed by atoms with Crippen LogP contribution in [-0.2, 0) is 4.79 Å². The molecule has 3 amide bonds. The van der Waals surface area contributed by atoms with Gasteiger partial charge in [-0.25, -0.2) is 0 Å². The van der Waals surface area contributed by atoms with Crippen LogP contribution >= 0.6 is 11.8 Å². The molecule has 0 atom stereocenters. The lowest BCUT2D eigenvalue weighted by Gasteiger charge is -2.17. The van der Waals surface area contributed by atoms with Crippen molar-refractivity contribution in [1.29, 1.82) is 0 Å². The second-order valence-corrected chi connectivity index (χ2v) is 9.13. The summed E-state index contributed by atoms with van der Waals surface area (Å²) in [5, 5.41) is 2.90. The van der Waals surface area contributed by atoms with Crippen LogP contribution in [0.3, 0.4) is 0 Å². The van der Waals surface area contributed by atoms with Gasteiger partial charge in [-0.2, -0.15) is 0 Å². The molecule has 0 unspecified atom stereocenters. The summed E-state index contributed by atoms with van der Waals surface area (Å²) in [5.74, 6) is 0.163. The molecule has 3 rings (SSSR count). The van der Waals surface area contributed by atoms with E-state index in [0.717, 1.165) is 10.6 Å². The third-order valence-electron chi connectivity index (χ3n) is 4.29. The van der Waals surface area contributed by atoms with Crippen molar-refractivity contribution < 1.29 is 14.4 Å². The van der Waals surface area contributed by atoms with Crippen LogP contribution in [0.15, 0.2) is 53.4 Å². The molecule has 0 spiro atoms. The molecule has 1 aliphatic rings. The van der Waals surface area contributed by atoms with Gasteiger partial charge < -0.3 is 5.32 Å². The average molecular weight is 397 g/mol. The van der Waals surface area contributed by atoms with Gasteiger partial charge in [0, 0.05) is 29.3 Å². The summed E-state index contributed by atoms with van der Waals surface area (Å²) in [5.41, 5.74) is 1.67. The summed E-state index contributed by atoms with van der Waals surface area (Å²) in [7, 11) is 0. The zero-order valence-electron chi connectivity index (χ0n) is 16.3. The lowest BCUT2D eigenvalue weighted by atomic mass is 9.92. The van der Waals surface area contributed by atoms with E-state index >= 15 is 0 Å². The summed E-state index contributed by atoms with van der Waals surface area (Å²) >= 11 is 1.57. The summed E-state index contributed by atoms with van der Waals surface area (Å²) in [6.07, 6.45) is 0.462. The Balaban J connectivity index is 1.50. The number of anilines is 1. The number of hydrogen-bond acceptors (Lipinski definition) is 4. The fourth-order valence-corrected chi connectivity index (χ4v) is 3.86. The van der Waals surface area contributed by atoms with Crippen molar-refractivity contribution in [2.45, 2.75) is 32.1 Å². The molecular formula is C22H24N2O3S. The van der Waals surface area contributed by atoms with E-state index in [1.165, 1.54) is 4.90 Å². The monoisotopic (exact) mass is 396 g/mol. The van der Waals surface area contributed by atoms with Crippen LogP contribution in [-0.4, -0.2) is 34.9 Å². The average Bonchev–Trinajstić information content (AvgIpc) is 2.87. The smallest absolute Gasteiger partial charge is 0.261 e. The Morgan fingerprint density at radius 1 is 0.964 bits per heavy atom. The normalized spacial score (nSPS) is 13.6. The largest absolute Gasteiger partial charge is 0.326 e. The zero-order valence-corrected chi connectivity index (χ0v) is 17.1. The molecule has 0 aliphatic carbocycles. The highest BCUT2D eigenvalue weighted by Crippen LogP contribution is 2.25. The van der Waals surface area contributed by atoms with Gasteiger partial charge in [-0.3, -0.25) is 19.3 Å². The van der Waals surface area contributed by atoms with E-state index in [2.05, 4.69) is 5.32 Å². The summed E-state index contributed by atoms with van der Waals surface area (Å²) in [6, 6.07) is 14.5. The SMILES string of the molecule is CC(C)(C)CC(=O)Nc1ccc(SCCN2C(=O)c3ccccc3C2=O)cc1. The molecule has 0 saturated heterocycles. The van der Waals surface area contributed by atoms with Crippen molar-refractivity contribution in [3.8, 4) is 0 Å². The molecule has 0 saturated carbocycles. The van der Waals surface area contributed by atoms with Crippen molar-refractivity contribution in [3.05, 3.63) is 59.7 Å². The van der Waals surface area contributed by atoms with Crippen molar-refractivity contribution in [2.75, 3.05) is 17.6 Å². The van der Waals surface area contributed by atoms with Gasteiger partial charge >= 0.3 is 0 Å². The van der Waals surface area contributed by atoms with E-state index in [0.29, 0.717) is 29.8 Å². The van der Waals surface area contributed by atoms with Crippen molar-refractivity contribution in [1.82, 2.24) is 4.90 Å². The van der Waals surface area contributed by atoms with E-state index in [4.69, 9.17) is 0 Å². The van der Waals surface area contributed by atoms with E-state index in [1.807, 2.05) is 45.0 Å². The molecule has 146 valence electrons. The number of carbonyl (C=O) groups excluding carboxylic acids is 3. The Kier molecular flexibility index (Phi) is 5.89. The predicted molar refractivity (Wildman–Crippen MR) is 112 cm³/mol. The quantitative estimate of drug-likeness (QED) is 0.579. The molecule has 1 heterocycles. The first kappa shape index (κ1) is 20.1. The van der Waals surface area contributed by atoms with Crippen LogP contribution in [0, 0.1) is 5.41 Å². The number of carbonyl (C=O) groups is 3. The fourth-order valence-electron chi connectivity index (χ4n) is 3.02. The highest BCUT2D eigenvalue weighted by atomic mass is 32.2. The van der Waals surface area contributed by atoms with Gasteiger partial charge in [0.25, 0.3) is 11.8 Å². The second kappa shape index (κ2) is 8.19. The van der Waals surface area contributed by atoms with Gasteiger partial charge in [0.15, 0.2) is 0 Å². The minimum Gasteiger partial charge on any atom is -0.326 e. The second-order valence-electron chi connectivity index (χ2n) is 7.97. The molecule has 6 heteroatoms.